The van der Waals surface area contributed by atoms with Crippen LogP contribution in [-0.2, 0) is 9.59 Å². The van der Waals surface area contributed by atoms with Crippen LogP contribution >= 0.6 is 11.6 Å². The maximum atomic E-state index is 12.6. The lowest BCUT2D eigenvalue weighted by atomic mass is 10.1. The second-order valence-corrected chi connectivity index (χ2v) is 6.98. The van der Waals surface area contributed by atoms with Gasteiger partial charge in [-0.15, -0.1) is 0 Å². The Balaban J connectivity index is 1.88. The summed E-state index contributed by atoms with van der Waals surface area (Å²) >= 11 is 5.97. The van der Waals surface area contributed by atoms with Gasteiger partial charge in [-0.3, -0.25) is 9.59 Å². The zero-order valence-corrected chi connectivity index (χ0v) is 17.5. The Labute approximate surface area is 185 Å². The van der Waals surface area contributed by atoms with E-state index in [9.17, 15) is 14.7 Å². The van der Waals surface area contributed by atoms with Crippen LogP contribution < -0.4 is 10.1 Å². The Morgan fingerprint density at radius 1 is 0.839 bits per heavy atom. The zero-order valence-electron chi connectivity index (χ0n) is 16.7. The molecule has 0 aliphatic rings. The molecular formula is C25H20ClNO4. The molecule has 0 amide bonds. The molecular weight excluding hydrogens is 414 g/mol. The van der Waals surface area contributed by atoms with E-state index in [2.05, 4.69) is 5.32 Å². The molecule has 0 radical (unpaired) electrons. The third-order valence-electron chi connectivity index (χ3n) is 4.38. The number of nitrogens with one attached hydrogen (secondary N) is 1. The molecule has 0 heterocycles. The Kier molecular flexibility index (Phi) is 7.25. The first-order valence-corrected chi connectivity index (χ1v) is 9.77. The van der Waals surface area contributed by atoms with E-state index in [0.29, 0.717) is 33.3 Å². The lowest BCUT2D eigenvalue weighted by Crippen LogP contribution is -2.11. The van der Waals surface area contributed by atoms with Gasteiger partial charge in [-0.25, -0.2) is 0 Å². The highest BCUT2D eigenvalue weighted by molar-refractivity contribution is 6.47. The van der Waals surface area contributed by atoms with Crippen LogP contribution in [0.3, 0.4) is 0 Å². The third-order valence-corrected chi connectivity index (χ3v) is 4.63. The summed E-state index contributed by atoms with van der Waals surface area (Å²) in [5.74, 6) is -1.21. The molecule has 3 rings (SSSR count). The van der Waals surface area contributed by atoms with Crippen molar-refractivity contribution < 1.29 is 19.4 Å². The van der Waals surface area contributed by atoms with Gasteiger partial charge in [-0.2, -0.15) is 0 Å². The lowest BCUT2D eigenvalue weighted by molar-refractivity contribution is -0.130. The summed E-state index contributed by atoms with van der Waals surface area (Å²) in [6.07, 6.45) is 2.12. The van der Waals surface area contributed by atoms with Gasteiger partial charge in [0.2, 0.25) is 11.6 Å². The summed E-state index contributed by atoms with van der Waals surface area (Å²) in [6.45, 7) is 0. The number of carbonyl (C=O) groups excluding carboxylic acids is 2. The number of ketones is 2. The molecule has 156 valence electrons. The molecule has 0 saturated heterocycles. The van der Waals surface area contributed by atoms with Gasteiger partial charge in [0, 0.05) is 34.1 Å². The van der Waals surface area contributed by atoms with Crippen LogP contribution in [0.25, 0.3) is 11.5 Å². The minimum atomic E-state index is -0.843. The summed E-state index contributed by atoms with van der Waals surface area (Å²) in [5.41, 5.74) is 2.22. The van der Waals surface area contributed by atoms with E-state index in [1.165, 1.54) is 6.08 Å². The summed E-state index contributed by atoms with van der Waals surface area (Å²) in [7, 11) is 1.57. The van der Waals surface area contributed by atoms with Gasteiger partial charge in [0.15, 0.2) is 0 Å². The summed E-state index contributed by atoms with van der Waals surface area (Å²) in [6, 6.07) is 22.5. The van der Waals surface area contributed by atoms with Gasteiger partial charge in [0.1, 0.15) is 11.5 Å². The Hall–Kier alpha value is -3.83. The van der Waals surface area contributed by atoms with Crippen molar-refractivity contribution in [2.24, 2.45) is 0 Å². The number of allylic oxidation sites excluding steroid dienone is 2. The van der Waals surface area contributed by atoms with E-state index >= 15 is 0 Å². The monoisotopic (exact) mass is 433 g/mol. The van der Waals surface area contributed by atoms with Crippen molar-refractivity contribution in [3.05, 3.63) is 107 Å². The zero-order chi connectivity index (χ0) is 22.2. The molecule has 0 fully saturated rings. The predicted octanol–water partition coefficient (Wildman–Crippen LogP) is 5.54. The highest BCUT2D eigenvalue weighted by Crippen LogP contribution is 2.23. The number of aliphatic hydroxyl groups is 1. The highest BCUT2D eigenvalue weighted by atomic mass is 35.5. The average Bonchev–Trinajstić information content (AvgIpc) is 2.80. The standard InChI is InChI=1S/C25H20ClNO4/c1-31-21-13-11-20(12-14-21)27-22(17-7-9-19(26)10-8-17)15-24(29)25(30)16-23(28)18-5-3-2-4-6-18/h2-16,27-28H,1H3/b22-15+,23-16-. The lowest BCUT2D eigenvalue weighted by Gasteiger charge is -2.12. The number of halogens is 1. The van der Waals surface area contributed by atoms with Crippen molar-refractivity contribution in [2.75, 3.05) is 12.4 Å². The van der Waals surface area contributed by atoms with Gasteiger partial charge >= 0.3 is 0 Å². The number of carbonyl (C=O) groups is 2. The number of rotatable bonds is 8. The topological polar surface area (TPSA) is 75.6 Å². The minimum Gasteiger partial charge on any atom is -0.507 e. The van der Waals surface area contributed by atoms with E-state index < -0.39 is 11.6 Å². The maximum Gasteiger partial charge on any atom is 0.229 e. The maximum absolute atomic E-state index is 12.6. The molecule has 31 heavy (non-hydrogen) atoms. The molecule has 3 aromatic rings. The average molecular weight is 434 g/mol. The van der Waals surface area contributed by atoms with Gasteiger partial charge in [0.05, 0.1) is 7.11 Å². The quantitative estimate of drug-likeness (QED) is 0.277. The largest absolute Gasteiger partial charge is 0.507 e. The second-order valence-electron chi connectivity index (χ2n) is 6.54. The second kappa shape index (κ2) is 10.3. The molecule has 0 aliphatic heterocycles. The van der Waals surface area contributed by atoms with E-state index in [1.54, 1.807) is 86.0 Å². The van der Waals surface area contributed by atoms with E-state index in [4.69, 9.17) is 16.3 Å². The first-order chi connectivity index (χ1) is 15.0. The van der Waals surface area contributed by atoms with Crippen molar-refractivity contribution in [2.45, 2.75) is 0 Å². The van der Waals surface area contributed by atoms with Gasteiger partial charge in [-0.05, 0) is 42.0 Å². The molecule has 0 atom stereocenters. The van der Waals surface area contributed by atoms with Crippen LogP contribution in [0, 0.1) is 0 Å². The molecule has 0 bridgehead atoms. The molecule has 0 aromatic heterocycles. The molecule has 2 N–H and O–H groups in total. The Morgan fingerprint density at radius 3 is 2.06 bits per heavy atom. The van der Waals surface area contributed by atoms with Crippen LogP contribution in [-0.4, -0.2) is 23.8 Å². The van der Waals surface area contributed by atoms with E-state index in [0.717, 1.165) is 6.08 Å². The number of aliphatic hydroxyl groups excluding tert-OH is 1. The molecule has 0 unspecified atom stereocenters. The fraction of sp³-hybridized carbons (Fsp3) is 0.0400. The fourth-order valence-corrected chi connectivity index (χ4v) is 2.87. The number of methoxy groups -OCH3 is 1. The minimum absolute atomic E-state index is 0.275. The highest BCUT2D eigenvalue weighted by Gasteiger charge is 2.14. The fourth-order valence-electron chi connectivity index (χ4n) is 2.74. The van der Waals surface area contributed by atoms with Crippen molar-refractivity contribution in [3.63, 3.8) is 0 Å². The summed E-state index contributed by atoms with van der Waals surface area (Å²) < 4.78 is 5.16. The van der Waals surface area contributed by atoms with E-state index in [1.807, 2.05) is 0 Å². The Bertz CT molecular complexity index is 1120. The molecule has 6 heteroatoms. The van der Waals surface area contributed by atoms with Gasteiger partial charge in [-0.1, -0.05) is 54.1 Å². The van der Waals surface area contributed by atoms with Crippen LogP contribution in [0.4, 0.5) is 5.69 Å². The first-order valence-electron chi connectivity index (χ1n) is 9.39. The summed E-state index contributed by atoms with van der Waals surface area (Å²) in [4.78, 5) is 25.0. The van der Waals surface area contributed by atoms with E-state index in [-0.39, 0.29) is 5.76 Å². The predicted molar refractivity (Wildman–Crippen MR) is 123 cm³/mol. The first kappa shape index (κ1) is 21.9. The van der Waals surface area contributed by atoms with Gasteiger partial charge < -0.3 is 15.2 Å². The number of benzene rings is 3. The van der Waals surface area contributed by atoms with Crippen molar-refractivity contribution in [3.8, 4) is 5.75 Å². The van der Waals surface area contributed by atoms with Crippen LogP contribution in [0.15, 0.2) is 91.0 Å². The van der Waals surface area contributed by atoms with Crippen LogP contribution in [0.1, 0.15) is 11.1 Å². The van der Waals surface area contributed by atoms with Crippen molar-refractivity contribution in [1.29, 1.82) is 0 Å². The SMILES string of the molecule is COc1ccc(N/C(=C/C(=O)C(=O)/C=C(\O)c2ccccc2)c2ccc(Cl)cc2)cc1. The van der Waals surface area contributed by atoms with Crippen molar-refractivity contribution in [1.82, 2.24) is 0 Å². The van der Waals surface area contributed by atoms with Crippen LogP contribution in [0.2, 0.25) is 5.02 Å². The smallest absolute Gasteiger partial charge is 0.229 e. The molecule has 0 aliphatic carbocycles. The van der Waals surface area contributed by atoms with Crippen molar-refractivity contribution >= 4 is 40.3 Å². The molecule has 0 saturated carbocycles. The molecule has 5 nitrogen and oxygen atoms in total. The molecule has 3 aromatic carbocycles. The summed E-state index contributed by atoms with van der Waals surface area (Å²) in [5, 5.41) is 13.8. The number of ether oxygens (including phenoxy) is 1. The number of hydrogen-bond donors (Lipinski definition) is 2. The van der Waals surface area contributed by atoms with Crippen LogP contribution in [0.5, 0.6) is 5.75 Å². The third kappa shape index (κ3) is 6.07. The number of anilines is 1. The number of hydrogen-bond acceptors (Lipinski definition) is 5. The Morgan fingerprint density at radius 2 is 1.45 bits per heavy atom. The molecule has 0 spiro atoms. The van der Waals surface area contributed by atoms with Gasteiger partial charge in [0.25, 0.3) is 0 Å². The normalized spacial score (nSPS) is 11.7.